The normalized spacial score (nSPS) is 10.6. The molecule has 8 heteroatoms. The van der Waals surface area contributed by atoms with Crippen molar-refractivity contribution in [2.24, 2.45) is 0 Å². The van der Waals surface area contributed by atoms with Crippen molar-refractivity contribution in [1.29, 1.82) is 0 Å². The van der Waals surface area contributed by atoms with Crippen molar-refractivity contribution >= 4 is 50.0 Å². The average Bonchev–Trinajstić information content (AvgIpc) is 2.71. The van der Waals surface area contributed by atoms with E-state index in [0.29, 0.717) is 24.2 Å². The highest BCUT2D eigenvalue weighted by atomic mass is 79.9. The van der Waals surface area contributed by atoms with Crippen LogP contribution in [0.4, 0.5) is 10.5 Å². The van der Waals surface area contributed by atoms with Gasteiger partial charge >= 0.3 is 17.6 Å². The molecule has 3 aromatic rings. The Morgan fingerprint density at radius 2 is 1.93 bits per heavy atom. The number of amides is 2. The standard InChI is InChI=1S/C20H18BrClN2O4/c21-9-4-10-27-19-17(22)15-8-7-14(11-16(15)18(25)28-19)24-20(26)23-12-13-5-2-1-3-6-13/h1-3,5-8,11H,4,9-10,12H2,(H2,23,24,26). The number of halogens is 2. The Morgan fingerprint density at radius 3 is 2.68 bits per heavy atom. The Kier molecular flexibility index (Phi) is 6.95. The Balaban J connectivity index is 1.73. The van der Waals surface area contributed by atoms with Gasteiger partial charge in [0.1, 0.15) is 5.02 Å². The highest BCUT2D eigenvalue weighted by Crippen LogP contribution is 2.32. The lowest BCUT2D eigenvalue weighted by Crippen LogP contribution is -2.28. The van der Waals surface area contributed by atoms with Gasteiger partial charge in [-0.05, 0) is 24.1 Å². The maximum Gasteiger partial charge on any atom is 0.346 e. The number of anilines is 1. The van der Waals surface area contributed by atoms with Gasteiger partial charge < -0.3 is 19.8 Å². The molecule has 0 aliphatic carbocycles. The van der Waals surface area contributed by atoms with Gasteiger partial charge in [0, 0.05) is 22.9 Å². The second-order valence-electron chi connectivity index (χ2n) is 5.94. The van der Waals surface area contributed by atoms with Gasteiger partial charge in [0.2, 0.25) is 0 Å². The monoisotopic (exact) mass is 464 g/mol. The van der Waals surface area contributed by atoms with E-state index in [4.69, 9.17) is 20.8 Å². The average molecular weight is 466 g/mol. The first-order valence-corrected chi connectivity index (χ1v) is 10.1. The molecule has 0 bridgehead atoms. The first-order valence-electron chi connectivity index (χ1n) is 8.62. The van der Waals surface area contributed by atoms with Gasteiger partial charge in [0.15, 0.2) is 0 Å². The third-order valence-electron chi connectivity index (χ3n) is 3.91. The van der Waals surface area contributed by atoms with Gasteiger partial charge in [-0.15, -0.1) is 0 Å². The van der Waals surface area contributed by atoms with Gasteiger partial charge in [0.25, 0.3) is 0 Å². The maximum atomic E-state index is 12.3. The van der Waals surface area contributed by atoms with E-state index in [1.807, 2.05) is 30.3 Å². The lowest BCUT2D eigenvalue weighted by molar-refractivity contribution is 0.234. The second-order valence-corrected chi connectivity index (χ2v) is 7.11. The minimum absolute atomic E-state index is 0.00132. The molecule has 1 aromatic heterocycles. The lowest BCUT2D eigenvalue weighted by atomic mass is 10.1. The Morgan fingerprint density at radius 1 is 1.14 bits per heavy atom. The smallest absolute Gasteiger partial charge is 0.346 e. The van der Waals surface area contributed by atoms with Crippen LogP contribution in [0.2, 0.25) is 5.02 Å². The first-order chi connectivity index (χ1) is 13.6. The Bertz CT molecular complexity index is 1020. The summed E-state index contributed by atoms with van der Waals surface area (Å²) in [6.07, 6.45) is 0.749. The number of fused-ring (bicyclic) bond motifs is 1. The number of carbonyl (C=O) groups excluding carboxylic acids is 1. The fraction of sp³-hybridized carbons (Fsp3) is 0.200. The van der Waals surface area contributed by atoms with E-state index >= 15 is 0 Å². The van der Waals surface area contributed by atoms with E-state index in [0.717, 1.165) is 17.3 Å². The van der Waals surface area contributed by atoms with Gasteiger partial charge in [0.05, 0.1) is 12.0 Å². The van der Waals surface area contributed by atoms with Gasteiger partial charge in [-0.25, -0.2) is 9.59 Å². The molecular weight excluding hydrogens is 448 g/mol. The number of nitrogens with one attached hydrogen (secondary N) is 2. The molecule has 6 nitrogen and oxygen atoms in total. The highest BCUT2D eigenvalue weighted by molar-refractivity contribution is 9.09. The predicted molar refractivity (Wildman–Crippen MR) is 114 cm³/mol. The first kappa shape index (κ1) is 20.2. The fourth-order valence-electron chi connectivity index (χ4n) is 2.54. The molecule has 0 spiro atoms. The van der Waals surface area contributed by atoms with Crippen molar-refractivity contribution in [3.05, 3.63) is 69.5 Å². The van der Waals surface area contributed by atoms with Crippen molar-refractivity contribution < 1.29 is 13.9 Å². The van der Waals surface area contributed by atoms with Crippen LogP contribution in [-0.2, 0) is 6.54 Å². The molecule has 0 atom stereocenters. The van der Waals surface area contributed by atoms with Crippen LogP contribution in [0.5, 0.6) is 5.95 Å². The van der Waals surface area contributed by atoms with E-state index in [2.05, 4.69) is 26.6 Å². The van der Waals surface area contributed by atoms with Gasteiger partial charge in [-0.1, -0.05) is 63.9 Å². The molecule has 0 unspecified atom stereocenters. The summed E-state index contributed by atoms with van der Waals surface area (Å²) in [7, 11) is 0. The lowest BCUT2D eigenvalue weighted by Gasteiger charge is -2.10. The summed E-state index contributed by atoms with van der Waals surface area (Å²) in [5.41, 5.74) is 0.854. The summed E-state index contributed by atoms with van der Waals surface area (Å²) in [6.45, 7) is 0.768. The SMILES string of the molecule is O=C(NCc1ccccc1)Nc1ccc2c(Cl)c(OCCCBr)oc(=O)c2c1. The summed E-state index contributed by atoms with van der Waals surface area (Å²) in [5, 5.41) is 7.21. The summed E-state index contributed by atoms with van der Waals surface area (Å²) >= 11 is 9.60. The molecule has 0 saturated carbocycles. The molecule has 0 aliphatic heterocycles. The minimum Gasteiger partial charge on any atom is -0.464 e. The zero-order chi connectivity index (χ0) is 19.9. The fourth-order valence-corrected chi connectivity index (χ4v) is 3.03. The van der Waals surface area contributed by atoms with E-state index < -0.39 is 5.63 Å². The molecule has 1 heterocycles. The Hall–Kier alpha value is -2.51. The maximum absolute atomic E-state index is 12.3. The molecule has 0 fully saturated rings. The van der Waals surface area contributed by atoms with Crippen molar-refractivity contribution in [3.8, 4) is 5.95 Å². The second kappa shape index (κ2) is 9.61. The summed E-state index contributed by atoms with van der Waals surface area (Å²) in [6, 6.07) is 14.0. The summed E-state index contributed by atoms with van der Waals surface area (Å²) < 4.78 is 10.6. The number of carbonyl (C=O) groups is 1. The molecule has 0 saturated heterocycles. The van der Waals surface area contributed by atoms with Crippen LogP contribution in [0, 0.1) is 0 Å². The molecule has 2 aromatic carbocycles. The van der Waals surface area contributed by atoms with E-state index in [1.165, 1.54) is 6.07 Å². The van der Waals surface area contributed by atoms with Gasteiger partial charge in [-0.3, -0.25) is 0 Å². The Labute approximate surface area is 175 Å². The van der Waals surface area contributed by atoms with E-state index in [1.54, 1.807) is 12.1 Å². The van der Waals surface area contributed by atoms with E-state index in [9.17, 15) is 9.59 Å². The molecule has 28 heavy (non-hydrogen) atoms. The third-order valence-corrected chi connectivity index (χ3v) is 4.82. The van der Waals surface area contributed by atoms with Crippen LogP contribution in [0.3, 0.4) is 0 Å². The number of alkyl halides is 1. The third kappa shape index (κ3) is 5.05. The van der Waals surface area contributed by atoms with Crippen molar-refractivity contribution in [2.75, 3.05) is 17.3 Å². The van der Waals surface area contributed by atoms with Crippen LogP contribution < -0.4 is 21.0 Å². The minimum atomic E-state index is -0.582. The van der Waals surface area contributed by atoms with Crippen LogP contribution in [-0.4, -0.2) is 18.0 Å². The number of hydrogen-bond acceptors (Lipinski definition) is 4. The quantitative estimate of drug-likeness (QED) is 0.383. The number of rotatable bonds is 7. The van der Waals surface area contributed by atoms with Crippen LogP contribution in [0.15, 0.2) is 57.7 Å². The highest BCUT2D eigenvalue weighted by Gasteiger charge is 2.14. The number of ether oxygens (including phenoxy) is 1. The molecular formula is C20H18BrClN2O4. The number of benzene rings is 2. The van der Waals surface area contributed by atoms with Crippen molar-refractivity contribution in [1.82, 2.24) is 5.32 Å². The van der Waals surface area contributed by atoms with Crippen LogP contribution in [0.1, 0.15) is 12.0 Å². The predicted octanol–water partition coefficient (Wildman–Crippen LogP) is 4.93. The van der Waals surface area contributed by atoms with Crippen LogP contribution in [0.25, 0.3) is 10.8 Å². The van der Waals surface area contributed by atoms with Crippen molar-refractivity contribution in [3.63, 3.8) is 0 Å². The summed E-state index contributed by atoms with van der Waals surface area (Å²) in [4.78, 5) is 24.4. The van der Waals surface area contributed by atoms with Crippen LogP contribution >= 0.6 is 27.5 Å². The van der Waals surface area contributed by atoms with Gasteiger partial charge in [-0.2, -0.15) is 0 Å². The largest absolute Gasteiger partial charge is 0.464 e. The van der Waals surface area contributed by atoms with E-state index in [-0.39, 0.29) is 22.4 Å². The topological polar surface area (TPSA) is 80.6 Å². The summed E-state index contributed by atoms with van der Waals surface area (Å²) in [5.74, 6) is 0.00132. The molecule has 146 valence electrons. The number of urea groups is 1. The zero-order valence-corrected chi connectivity index (χ0v) is 17.2. The molecule has 2 amide bonds. The van der Waals surface area contributed by atoms with Crippen molar-refractivity contribution in [2.45, 2.75) is 13.0 Å². The number of hydrogen-bond donors (Lipinski definition) is 2. The zero-order valence-electron chi connectivity index (χ0n) is 14.8. The molecule has 3 rings (SSSR count). The molecule has 2 N–H and O–H groups in total. The molecule has 0 radical (unpaired) electrons. The molecule has 0 aliphatic rings.